The molecule has 19 heavy (non-hydrogen) atoms. The molecule has 4 nitrogen and oxygen atoms in total. The number of amides is 1. The Morgan fingerprint density at radius 1 is 1.32 bits per heavy atom. The predicted octanol–water partition coefficient (Wildman–Crippen LogP) is 2.67. The number of hydrogen-bond acceptors (Lipinski definition) is 3. The first-order chi connectivity index (χ1) is 9.02. The van der Waals surface area contributed by atoms with Crippen LogP contribution in [0.25, 0.3) is 0 Å². The number of rotatable bonds is 4. The number of methoxy groups -OCH3 is 1. The lowest BCUT2D eigenvalue weighted by Crippen LogP contribution is -2.43. The van der Waals surface area contributed by atoms with E-state index in [1.807, 2.05) is 0 Å². The summed E-state index contributed by atoms with van der Waals surface area (Å²) in [5.74, 6) is -0.615. The minimum atomic E-state index is -0.591. The van der Waals surface area contributed by atoms with Crippen molar-refractivity contribution in [2.45, 2.75) is 18.9 Å². The Morgan fingerprint density at radius 3 is 2.53 bits per heavy atom. The Morgan fingerprint density at radius 2 is 2.00 bits per heavy atom. The molecule has 0 bridgehead atoms. The van der Waals surface area contributed by atoms with Crippen molar-refractivity contribution < 1.29 is 14.3 Å². The van der Waals surface area contributed by atoms with Crippen LogP contribution in [0.3, 0.4) is 0 Å². The van der Waals surface area contributed by atoms with E-state index in [9.17, 15) is 9.59 Å². The van der Waals surface area contributed by atoms with E-state index in [2.05, 4.69) is 5.32 Å². The Kier molecular flexibility index (Phi) is 4.32. The molecule has 1 aromatic rings. The van der Waals surface area contributed by atoms with E-state index in [0.29, 0.717) is 15.6 Å². The van der Waals surface area contributed by atoms with Crippen LogP contribution in [0.4, 0.5) is 0 Å². The molecule has 2 rings (SSSR count). The van der Waals surface area contributed by atoms with Gasteiger partial charge in [0.15, 0.2) is 0 Å². The molecule has 0 aliphatic heterocycles. The van der Waals surface area contributed by atoms with Gasteiger partial charge < -0.3 is 10.1 Å². The SMILES string of the molecule is COC(=O)C(NC(=O)c1ccc(Cl)c(Cl)c1)C1CC1. The van der Waals surface area contributed by atoms with E-state index in [1.54, 1.807) is 12.1 Å². The number of ether oxygens (including phenoxy) is 1. The van der Waals surface area contributed by atoms with Crippen LogP contribution < -0.4 is 5.32 Å². The molecular formula is C13H13Cl2NO3. The molecule has 1 unspecified atom stereocenters. The maximum Gasteiger partial charge on any atom is 0.328 e. The molecule has 1 amide bonds. The molecule has 0 aromatic heterocycles. The lowest BCUT2D eigenvalue weighted by molar-refractivity contribution is -0.143. The van der Waals surface area contributed by atoms with Crippen molar-refractivity contribution in [2.75, 3.05) is 7.11 Å². The second-order valence-corrected chi connectivity index (χ2v) is 5.26. The van der Waals surface area contributed by atoms with Crippen LogP contribution in [-0.4, -0.2) is 25.0 Å². The smallest absolute Gasteiger partial charge is 0.328 e. The van der Waals surface area contributed by atoms with Gasteiger partial charge in [-0.3, -0.25) is 4.79 Å². The van der Waals surface area contributed by atoms with Crippen molar-refractivity contribution in [1.82, 2.24) is 5.32 Å². The maximum atomic E-state index is 12.1. The third-order valence-corrected chi connectivity index (χ3v) is 3.76. The normalized spacial score (nSPS) is 15.7. The second-order valence-electron chi connectivity index (χ2n) is 4.44. The monoisotopic (exact) mass is 301 g/mol. The molecule has 6 heteroatoms. The Hall–Kier alpha value is -1.26. The van der Waals surface area contributed by atoms with Crippen LogP contribution in [0, 0.1) is 5.92 Å². The third-order valence-electron chi connectivity index (χ3n) is 3.02. The zero-order valence-corrected chi connectivity index (χ0v) is 11.8. The standard InChI is InChI=1S/C13H13Cl2NO3/c1-19-13(18)11(7-2-3-7)16-12(17)8-4-5-9(14)10(15)6-8/h4-7,11H,2-3H2,1H3,(H,16,17). The first kappa shape index (κ1) is 14.2. The summed E-state index contributed by atoms with van der Waals surface area (Å²) in [5, 5.41) is 3.36. The molecule has 102 valence electrons. The molecule has 0 radical (unpaired) electrons. The minimum absolute atomic E-state index is 0.166. The number of benzene rings is 1. The van der Waals surface area contributed by atoms with Gasteiger partial charge in [0.05, 0.1) is 17.2 Å². The van der Waals surface area contributed by atoms with Crippen LogP contribution in [0.5, 0.6) is 0 Å². The van der Waals surface area contributed by atoms with Crippen molar-refractivity contribution in [1.29, 1.82) is 0 Å². The molecule has 1 fully saturated rings. The number of halogens is 2. The largest absolute Gasteiger partial charge is 0.467 e. The van der Waals surface area contributed by atoms with E-state index >= 15 is 0 Å². The molecule has 1 aromatic carbocycles. The van der Waals surface area contributed by atoms with E-state index < -0.39 is 12.0 Å². The van der Waals surface area contributed by atoms with Crippen molar-refractivity contribution in [3.05, 3.63) is 33.8 Å². The van der Waals surface area contributed by atoms with Gasteiger partial charge in [0.2, 0.25) is 0 Å². The lowest BCUT2D eigenvalue weighted by Gasteiger charge is -2.15. The minimum Gasteiger partial charge on any atom is -0.467 e. The van der Waals surface area contributed by atoms with Gasteiger partial charge in [-0.1, -0.05) is 23.2 Å². The number of nitrogens with one attached hydrogen (secondary N) is 1. The number of carbonyl (C=O) groups excluding carboxylic acids is 2. The van der Waals surface area contributed by atoms with Crippen LogP contribution in [0.2, 0.25) is 10.0 Å². The predicted molar refractivity (Wildman–Crippen MR) is 72.5 cm³/mol. The zero-order valence-electron chi connectivity index (χ0n) is 10.3. The first-order valence-electron chi connectivity index (χ1n) is 5.86. The Balaban J connectivity index is 2.10. The molecule has 0 heterocycles. The van der Waals surface area contributed by atoms with Gasteiger partial charge in [0, 0.05) is 5.56 Å². The quantitative estimate of drug-likeness (QED) is 0.870. The lowest BCUT2D eigenvalue weighted by atomic mass is 10.1. The highest BCUT2D eigenvalue weighted by molar-refractivity contribution is 6.42. The molecule has 1 N–H and O–H groups in total. The summed E-state index contributed by atoms with van der Waals surface area (Å²) in [6, 6.07) is 3.99. The zero-order chi connectivity index (χ0) is 14.0. The molecule has 0 spiro atoms. The summed E-state index contributed by atoms with van der Waals surface area (Å²) in [4.78, 5) is 23.6. The topological polar surface area (TPSA) is 55.4 Å². The summed E-state index contributed by atoms with van der Waals surface area (Å²) in [5.41, 5.74) is 0.365. The average molecular weight is 302 g/mol. The highest BCUT2D eigenvalue weighted by Crippen LogP contribution is 2.33. The molecule has 0 saturated heterocycles. The van der Waals surface area contributed by atoms with Gasteiger partial charge >= 0.3 is 5.97 Å². The van der Waals surface area contributed by atoms with Gasteiger partial charge in [0.25, 0.3) is 5.91 Å². The fourth-order valence-electron chi connectivity index (χ4n) is 1.79. The first-order valence-corrected chi connectivity index (χ1v) is 6.62. The molecule has 1 aliphatic rings. The number of esters is 1. The Bertz CT molecular complexity index is 515. The van der Waals surface area contributed by atoms with Gasteiger partial charge in [-0.2, -0.15) is 0 Å². The van der Waals surface area contributed by atoms with Crippen molar-refractivity contribution in [3.8, 4) is 0 Å². The summed E-state index contributed by atoms with van der Waals surface area (Å²) in [6.07, 6.45) is 1.84. The van der Waals surface area contributed by atoms with Crippen molar-refractivity contribution in [2.24, 2.45) is 5.92 Å². The van der Waals surface area contributed by atoms with Crippen molar-refractivity contribution in [3.63, 3.8) is 0 Å². The molecule has 1 atom stereocenters. The maximum absolute atomic E-state index is 12.1. The molecule has 1 saturated carbocycles. The van der Waals surface area contributed by atoms with E-state index in [-0.39, 0.29) is 11.8 Å². The molecule has 1 aliphatic carbocycles. The summed E-state index contributed by atoms with van der Waals surface area (Å²) >= 11 is 11.6. The van der Waals surface area contributed by atoms with Gasteiger partial charge in [0.1, 0.15) is 6.04 Å². The van der Waals surface area contributed by atoms with E-state index in [4.69, 9.17) is 27.9 Å². The highest BCUT2D eigenvalue weighted by atomic mass is 35.5. The van der Waals surface area contributed by atoms with Crippen LogP contribution in [-0.2, 0) is 9.53 Å². The van der Waals surface area contributed by atoms with E-state index in [1.165, 1.54) is 13.2 Å². The van der Waals surface area contributed by atoms with Crippen LogP contribution in [0.1, 0.15) is 23.2 Å². The van der Waals surface area contributed by atoms with Crippen LogP contribution >= 0.6 is 23.2 Å². The van der Waals surface area contributed by atoms with Crippen molar-refractivity contribution >= 4 is 35.1 Å². The summed E-state index contributed by atoms with van der Waals surface area (Å²) in [6.45, 7) is 0. The average Bonchev–Trinajstić information content (AvgIpc) is 3.22. The fraction of sp³-hybridized carbons (Fsp3) is 0.385. The second kappa shape index (κ2) is 5.80. The van der Waals surface area contributed by atoms with E-state index in [0.717, 1.165) is 12.8 Å². The number of carbonyl (C=O) groups is 2. The van der Waals surface area contributed by atoms with Gasteiger partial charge in [-0.15, -0.1) is 0 Å². The number of hydrogen-bond donors (Lipinski definition) is 1. The van der Waals surface area contributed by atoms with Gasteiger partial charge in [-0.25, -0.2) is 4.79 Å². The third kappa shape index (κ3) is 3.39. The summed E-state index contributed by atoms with van der Waals surface area (Å²) < 4.78 is 4.69. The van der Waals surface area contributed by atoms with Gasteiger partial charge in [-0.05, 0) is 37.0 Å². The summed E-state index contributed by atoms with van der Waals surface area (Å²) in [7, 11) is 1.31. The Labute approximate surface area is 121 Å². The van der Waals surface area contributed by atoms with Crippen LogP contribution in [0.15, 0.2) is 18.2 Å². The fourth-order valence-corrected chi connectivity index (χ4v) is 2.09. The molecular weight excluding hydrogens is 289 g/mol. The highest BCUT2D eigenvalue weighted by Gasteiger charge is 2.38.